The molecule has 1 aliphatic heterocycles. The Kier molecular flexibility index (Phi) is 7.59. The predicted molar refractivity (Wildman–Crippen MR) is 132 cm³/mol. The van der Waals surface area contributed by atoms with Crippen molar-refractivity contribution in [1.29, 1.82) is 0 Å². The van der Waals surface area contributed by atoms with Crippen LogP contribution in [0.3, 0.4) is 0 Å². The van der Waals surface area contributed by atoms with Crippen LogP contribution in [-0.4, -0.2) is 68.1 Å². The first-order valence-electron chi connectivity index (χ1n) is 11.4. The minimum absolute atomic E-state index is 0.0401. The summed E-state index contributed by atoms with van der Waals surface area (Å²) >= 11 is 1.53. The van der Waals surface area contributed by atoms with Gasteiger partial charge in [0.2, 0.25) is 0 Å². The molecule has 0 saturated carbocycles. The van der Waals surface area contributed by atoms with Crippen molar-refractivity contribution in [2.45, 2.75) is 31.3 Å². The monoisotopic (exact) mass is 480 g/mol. The number of carbonyl (C=O) groups is 1. The maximum Gasteiger partial charge on any atom is 0.269 e. The third-order valence-electron chi connectivity index (χ3n) is 6.08. The van der Waals surface area contributed by atoms with E-state index >= 15 is 0 Å². The molecule has 1 saturated heterocycles. The average Bonchev–Trinajstić information content (AvgIpc) is 3.30. The van der Waals surface area contributed by atoms with Gasteiger partial charge in [0, 0.05) is 61.7 Å². The van der Waals surface area contributed by atoms with E-state index in [1.54, 1.807) is 12.1 Å². The molecule has 178 valence electrons. The van der Waals surface area contributed by atoms with Gasteiger partial charge < -0.3 is 14.4 Å². The van der Waals surface area contributed by atoms with Gasteiger partial charge in [-0.2, -0.15) is 0 Å². The molecule has 0 N–H and O–H groups in total. The number of nitrogens with zero attached hydrogens (tertiary/aromatic N) is 6. The van der Waals surface area contributed by atoms with Gasteiger partial charge in [0.15, 0.2) is 11.0 Å². The van der Waals surface area contributed by atoms with Crippen molar-refractivity contribution in [3.8, 4) is 11.4 Å². The van der Waals surface area contributed by atoms with E-state index in [4.69, 9.17) is 0 Å². The lowest BCUT2D eigenvalue weighted by Gasteiger charge is -2.34. The predicted octanol–water partition coefficient (Wildman–Crippen LogP) is 3.94. The number of aromatic nitrogens is 3. The minimum Gasteiger partial charge on any atom is -0.336 e. The minimum atomic E-state index is -0.419. The second-order valence-electron chi connectivity index (χ2n) is 8.03. The van der Waals surface area contributed by atoms with Gasteiger partial charge in [0.1, 0.15) is 0 Å². The van der Waals surface area contributed by atoms with E-state index in [1.807, 2.05) is 40.7 Å². The molecule has 34 heavy (non-hydrogen) atoms. The molecule has 10 heteroatoms. The quantitative estimate of drug-likeness (QED) is 0.274. The van der Waals surface area contributed by atoms with Gasteiger partial charge in [-0.25, -0.2) is 0 Å². The van der Waals surface area contributed by atoms with E-state index < -0.39 is 4.92 Å². The summed E-state index contributed by atoms with van der Waals surface area (Å²) in [5.41, 5.74) is 2.52. The van der Waals surface area contributed by atoms with Gasteiger partial charge in [0.05, 0.1) is 4.92 Å². The third kappa shape index (κ3) is 5.13. The van der Waals surface area contributed by atoms with E-state index in [9.17, 15) is 14.9 Å². The highest BCUT2D eigenvalue weighted by molar-refractivity contribution is 7.98. The van der Waals surface area contributed by atoms with Crippen LogP contribution in [0.25, 0.3) is 11.4 Å². The fraction of sp³-hybridized carbons (Fsp3) is 0.375. The molecule has 1 aliphatic rings. The maximum absolute atomic E-state index is 13.2. The smallest absolute Gasteiger partial charge is 0.269 e. The molecule has 4 rings (SSSR count). The number of amides is 1. The van der Waals surface area contributed by atoms with Crippen LogP contribution in [0.5, 0.6) is 0 Å². The van der Waals surface area contributed by atoms with Gasteiger partial charge >= 0.3 is 0 Å². The van der Waals surface area contributed by atoms with Gasteiger partial charge in [-0.05, 0) is 37.2 Å². The highest BCUT2D eigenvalue weighted by Crippen LogP contribution is 2.28. The van der Waals surface area contributed by atoms with E-state index in [0.717, 1.165) is 54.6 Å². The van der Waals surface area contributed by atoms with Crippen LogP contribution < -0.4 is 0 Å². The number of thioether (sulfide) groups is 1. The zero-order valence-corrected chi connectivity index (χ0v) is 20.2. The van der Waals surface area contributed by atoms with Crippen molar-refractivity contribution in [1.82, 2.24) is 24.6 Å². The number of likely N-dealkylation sites (N-methyl/N-ethyl adjacent to an activating group) is 1. The molecule has 0 radical (unpaired) electrons. The van der Waals surface area contributed by atoms with Crippen LogP contribution in [0.15, 0.2) is 53.7 Å². The van der Waals surface area contributed by atoms with Crippen molar-refractivity contribution in [3.63, 3.8) is 0 Å². The second kappa shape index (κ2) is 10.8. The molecule has 1 fully saturated rings. The van der Waals surface area contributed by atoms with Gasteiger partial charge in [0.25, 0.3) is 11.6 Å². The normalized spacial score (nSPS) is 14.4. The highest BCUT2D eigenvalue weighted by atomic mass is 32.2. The number of benzene rings is 2. The summed E-state index contributed by atoms with van der Waals surface area (Å²) < 4.78 is 1.99. The van der Waals surface area contributed by atoms with E-state index in [0.29, 0.717) is 18.1 Å². The Balaban J connectivity index is 1.49. The highest BCUT2D eigenvalue weighted by Gasteiger charge is 2.23. The Morgan fingerprint density at radius 2 is 1.71 bits per heavy atom. The van der Waals surface area contributed by atoms with Crippen molar-refractivity contribution < 1.29 is 9.72 Å². The van der Waals surface area contributed by atoms with Crippen LogP contribution in [-0.2, 0) is 12.3 Å². The van der Waals surface area contributed by atoms with Crippen molar-refractivity contribution in [3.05, 3.63) is 69.8 Å². The fourth-order valence-corrected chi connectivity index (χ4v) is 5.07. The van der Waals surface area contributed by atoms with Crippen LogP contribution in [0, 0.1) is 10.1 Å². The van der Waals surface area contributed by atoms with Crippen LogP contribution in [0.2, 0.25) is 0 Å². The van der Waals surface area contributed by atoms with Crippen LogP contribution >= 0.6 is 11.8 Å². The summed E-state index contributed by atoms with van der Waals surface area (Å²) in [5, 5.41) is 20.4. The van der Waals surface area contributed by atoms with E-state index in [2.05, 4.69) is 22.0 Å². The van der Waals surface area contributed by atoms with Crippen molar-refractivity contribution in [2.75, 3.05) is 32.7 Å². The zero-order valence-electron chi connectivity index (χ0n) is 19.4. The second-order valence-corrected chi connectivity index (χ2v) is 8.97. The molecule has 1 aromatic heterocycles. The van der Waals surface area contributed by atoms with E-state index in [1.165, 1.54) is 23.9 Å². The summed E-state index contributed by atoms with van der Waals surface area (Å²) in [6.45, 7) is 9.13. The molecule has 0 spiro atoms. The number of hydrogen-bond acceptors (Lipinski definition) is 7. The van der Waals surface area contributed by atoms with Gasteiger partial charge in [-0.3, -0.25) is 14.9 Å². The molecule has 0 atom stereocenters. The number of hydrogen-bond donors (Lipinski definition) is 0. The molecule has 2 aromatic carbocycles. The molecule has 0 aliphatic carbocycles. The molecule has 2 heterocycles. The first-order valence-corrected chi connectivity index (χ1v) is 12.4. The Hall–Kier alpha value is -3.24. The molecule has 0 unspecified atom stereocenters. The summed E-state index contributed by atoms with van der Waals surface area (Å²) in [6, 6.07) is 14.1. The van der Waals surface area contributed by atoms with Gasteiger partial charge in [-0.1, -0.05) is 36.9 Å². The third-order valence-corrected chi connectivity index (χ3v) is 7.10. The summed E-state index contributed by atoms with van der Waals surface area (Å²) in [5.74, 6) is 1.34. The number of piperazine rings is 1. The number of rotatable bonds is 8. The number of nitro groups is 1. The van der Waals surface area contributed by atoms with Gasteiger partial charge in [-0.15, -0.1) is 10.2 Å². The molecule has 3 aromatic rings. The molecule has 9 nitrogen and oxygen atoms in total. The van der Waals surface area contributed by atoms with Crippen LogP contribution in [0.4, 0.5) is 5.69 Å². The number of nitro benzene ring substituents is 1. The summed E-state index contributed by atoms with van der Waals surface area (Å²) in [6.07, 6.45) is 0. The Labute approximate surface area is 202 Å². The molecule has 0 bridgehead atoms. The Morgan fingerprint density at radius 3 is 2.35 bits per heavy atom. The topological polar surface area (TPSA) is 97.4 Å². The number of non-ortho nitro benzene ring substituents is 1. The summed E-state index contributed by atoms with van der Waals surface area (Å²) in [4.78, 5) is 28.0. The number of carbonyl (C=O) groups excluding carboxylic acids is 1. The largest absolute Gasteiger partial charge is 0.336 e. The Morgan fingerprint density at radius 1 is 1.00 bits per heavy atom. The Bertz CT molecular complexity index is 1160. The zero-order chi connectivity index (χ0) is 24.1. The fourth-order valence-electron chi connectivity index (χ4n) is 4.06. The standard InChI is InChI=1S/C24H28N6O3S/c1-3-27-13-15-28(16-14-27)23(31)21-8-6-5-7-19(21)17-34-24-26-25-22(29(24)4-2)18-9-11-20(12-10-18)30(32)33/h5-12H,3-4,13-17H2,1-2H3. The lowest BCUT2D eigenvalue weighted by atomic mass is 10.1. The molecular formula is C24H28N6O3S. The summed E-state index contributed by atoms with van der Waals surface area (Å²) in [7, 11) is 0. The van der Waals surface area contributed by atoms with Crippen molar-refractivity contribution >= 4 is 23.4 Å². The van der Waals surface area contributed by atoms with E-state index in [-0.39, 0.29) is 11.6 Å². The lowest BCUT2D eigenvalue weighted by molar-refractivity contribution is -0.384. The SMILES string of the molecule is CCN1CCN(C(=O)c2ccccc2CSc2nnc(-c3ccc([N+](=O)[O-])cc3)n2CC)CC1. The average molecular weight is 481 g/mol. The first-order chi connectivity index (χ1) is 16.5. The van der Waals surface area contributed by atoms with Crippen molar-refractivity contribution in [2.24, 2.45) is 0 Å². The maximum atomic E-state index is 13.2. The van der Waals surface area contributed by atoms with Crippen LogP contribution in [0.1, 0.15) is 29.8 Å². The lowest BCUT2D eigenvalue weighted by Crippen LogP contribution is -2.48. The molecular weight excluding hydrogens is 452 g/mol. The molecule has 1 amide bonds. The first kappa shape index (κ1) is 23.9.